The summed E-state index contributed by atoms with van der Waals surface area (Å²) in [6.45, 7) is 0. The Balaban J connectivity index is 1.86. The van der Waals surface area contributed by atoms with Gasteiger partial charge in [0.15, 0.2) is 5.78 Å². The lowest BCUT2D eigenvalue weighted by molar-refractivity contribution is 0.105. The molecule has 0 aliphatic rings. The van der Waals surface area contributed by atoms with Crippen molar-refractivity contribution < 1.29 is 9.21 Å². The van der Waals surface area contributed by atoms with Gasteiger partial charge in [0.25, 0.3) is 0 Å². The van der Waals surface area contributed by atoms with Crippen LogP contribution in [-0.2, 0) is 0 Å². The van der Waals surface area contributed by atoms with Crippen LogP contribution in [0.5, 0.6) is 0 Å². The van der Waals surface area contributed by atoms with Gasteiger partial charge in [-0.05, 0) is 30.3 Å². The maximum Gasteiger partial charge on any atom is 0.196 e. The molecule has 0 saturated heterocycles. The molecule has 0 fully saturated rings. The van der Waals surface area contributed by atoms with E-state index in [1.165, 1.54) is 11.3 Å². The van der Waals surface area contributed by atoms with Crippen LogP contribution in [0, 0.1) is 0 Å². The van der Waals surface area contributed by atoms with Gasteiger partial charge in [0.1, 0.15) is 10.8 Å². The second kappa shape index (κ2) is 6.26. The average Bonchev–Trinajstić information content (AvgIpc) is 3.29. The molecule has 4 rings (SSSR count). The van der Waals surface area contributed by atoms with Crippen molar-refractivity contribution >= 4 is 39.0 Å². The number of benzene rings is 2. The number of furan rings is 1. The number of allylic oxidation sites excluding steroid dienone is 1. The molecule has 0 saturated carbocycles. The molecule has 4 heteroatoms. The Morgan fingerprint density at radius 2 is 1.75 bits per heavy atom. The molecule has 0 atom stereocenters. The van der Waals surface area contributed by atoms with Crippen LogP contribution in [0.2, 0.25) is 0 Å². The van der Waals surface area contributed by atoms with Gasteiger partial charge in [-0.15, -0.1) is 11.3 Å². The molecule has 4 aromatic rings. The second-order valence-electron chi connectivity index (χ2n) is 5.26. The van der Waals surface area contributed by atoms with Crippen molar-refractivity contribution in [3.63, 3.8) is 0 Å². The zero-order valence-corrected chi connectivity index (χ0v) is 13.5. The third-order valence-corrected chi connectivity index (χ3v) is 4.70. The van der Waals surface area contributed by atoms with Crippen molar-refractivity contribution in [2.45, 2.75) is 0 Å². The lowest BCUT2D eigenvalue weighted by Gasteiger charge is -2.03. The summed E-state index contributed by atoms with van der Waals surface area (Å²) in [6.07, 6.45) is 3.35. The molecule has 116 valence electrons. The van der Waals surface area contributed by atoms with E-state index in [-0.39, 0.29) is 5.78 Å². The lowest BCUT2D eigenvalue weighted by atomic mass is 10.0. The smallest absolute Gasteiger partial charge is 0.196 e. The number of ketones is 1. The summed E-state index contributed by atoms with van der Waals surface area (Å²) in [5.41, 5.74) is 2.07. The first kappa shape index (κ1) is 14.6. The summed E-state index contributed by atoms with van der Waals surface area (Å²) in [5.74, 6) is 0.569. The summed E-state index contributed by atoms with van der Waals surface area (Å²) in [4.78, 5) is 17.6. The summed E-state index contributed by atoms with van der Waals surface area (Å²) < 4.78 is 6.45. The number of fused-ring (bicyclic) bond motifs is 1. The van der Waals surface area contributed by atoms with E-state index in [0.717, 1.165) is 10.2 Å². The number of hydrogen-bond donors (Lipinski definition) is 0. The van der Waals surface area contributed by atoms with Gasteiger partial charge in [-0.3, -0.25) is 4.79 Å². The van der Waals surface area contributed by atoms with Gasteiger partial charge in [0, 0.05) is 5.56 Å². The monoisotopic (exact) mass is 331 g/mol. The minimum absolute atomic E-state index is 0.0638. The highest BCUT2D eigenvalue weighted by molar-refractivity contribution is 7.20. The number of aromatic nitrogens is 1. The fraction of sp³-hybridized carbons (Fsp3) is 0. The normalized spacial score (nSPS) is 11.8. The molecule has 2 aromatic heterocycles. The molecule has 3 nitrogen and oxygen atoms in total. The fourth-order valence-corrected chi connectivity index (χ4v) is 3.45. The Kier molecular flexibility index (Phi) is 3.81. The molecule has 24 heavy (non-hydrogen) atoms. The minimum atomic E-state index is -0.0638. The first-order valence-electron chi connectivity index (χ1n) is 7.52. The predicted octanol–water partition coefficient (Wildman–Crippen LogP) is 5.31. The quantitative estimate of drug-likeness (QED) is 0.376. The molecule has 0 bridgehead atoms. The fourth-order valence-electron chi connectivity index (χ4n) is 2.47. The Hall–Kier alpha value is -2.98. The maximum absolute atomic E-state index is 13.0. The number of para-hydroxylation sites is 1. The van der Waals surface area contributed by atoms with Crippen LogP contribution in [0.25, 0.3) is 21.9 Å². The van der Waals surface area contributed by atoms with Crippen molar-refractivity contribution in [2.75, 3.05) is 0 Å². The highest BCUT2D eigenvalue weighted by Gasteiger charge is 2.18. The van der Waals surface area contributed by atoms with E-state index < -0.39 is 0 Å². The van der Waals surface area contributed by atoms with E-state index in [0.29, 0.717) is 21.9 Å². The molecule has 0 spiro atoms. The highest BCUT2D eigenvalue weighted by Crippen LogP contribution is 2.30. The van der Waals surface area contributed by atoms with Gasteiger partial charge >= 0.3 is 0 Å². The number of hydrogen-bond acceptors (Lipinski definition) is 4. The summed E-state index contributed by atoms with van der Waals surface area (Å²) in [5, 5.41) is 0.696. The van der Waals surface area contributed by atoms with Crippen LogP contribution in [0.3, 0.4) is 0 Å². The van der Waals surface area contributed by atoms with Crippen LogP contribution in [0.4, 0.5) is 0 Å². The van der Waals surface area contributed by atoms with E-state index in [9.17, 15) is 4.79 Å². The number of carbonyl (C=O) groups excluding carboxylic acids is 1. The van der Waals surface area contributed by atoms with Gasteiger partial charge in [0.2, 0.25) is 0 Å². The molecule has 0 aliphatic carbocycles. The van der Waals surface area contributed by atoms with Crippen LogP contribution < -0.4 is 0 Å². The molecule has 2 aromatic carbocycles. The standard InChI is InChI=1S/C20H13NO2S/c22-19(14-7-2-1-3-8-14)16(13-15-9-6-12-23-15)20-21-17-10-4-5-11-18(17)24-20/h1-13H/b16-13-. The number of rotatable bonds is 4. The summed E-state index contributed by atoms with van der Waals surface area (Å²) in [7, 11) is 0. The molecule has 0 N–H and O–H groups in total. The van der Waals surface area contributed by atoms with Gasteiger partial charge in [-0.25, -0.2) is 4.98 Å². The summed E-state index contributed by atoms with van der Waals surface area (Å²) >= 11 is 1.51. The number of thiazole rings is 1. The molecular weight excluding hydrogens is 318 g/mol. The van der Waals surface area contributed by atoms with Crippen molar-refractivity contribution in [3.05, 3.63) is 89.3 Å². The average molecular weight is 331 g/mol. The Labute approximate surface area is 142 Å². The number of carbonyl (C=O) groups is 1. The van der Waals surface area contributed by atoms with Crippen LogP contribution in [-0.4, -0.2) is 10.8 Å². The SMILES string of the molecule is O=C(/C(=C/c1ccco1)c1nc2ccccc2s1)c1ccccc1. The van der Waals surface area contributed by atoms with E-state index in [4.69, 9.17) is 4.42 Å². The van der Waals surface area contributed by atoms with Crippen molar-refractivity contribution in [2.24, 2.45) is 0 Å². The maximum atomic E-state index is 13.0. The van der Waals surface area contributed by atoms with Crippen LogP contribution >= 0.6 is 11.3 Å². The molecule has 2 heterocycles. The van der Waals surface area contributed by atoms with Crippen molar-refractivity contribution in [1.82, 2.24) is 4.98 Å². The second-order valence-corrected chi connectivity index (χ2v) is 6.29. The van der Waals surface area contributed by atoms with Gasteiger partial charge in [0.05, 0.1) is 22.1 Å². The lowest BCUT2D eigenvalue weighted by Crippen LogP contribution is -2.02. The van der Waals surface area contributed by atoms with Crippen molar-refractivity contribution in [3.8, 4) is 0 Å². The highest BCUT2D eigenvalue weighted by atomic mass is 32.1. The Morgan fingerprint density at radius 3 is 2.50 bits per heavy atom. The summed E-state index contributed by atoms with van der Waals surface area (Å²) in [6, 6.07) is 20.7. The van der Waals surface area contributed by atoms with Gasteiger partial charge in [-0.1, -0.05) is 42.5 Å². The van der Waals surface area contributed by atoms with E-state index >= 15 is 0 Å². The molecule has 0 aliphatic heterocycles. The van der Waals surface area contributed by atoms with E-state index in [1.807, 2.05) is 60.7 Å². The first-order valence-corrected chi connectivity index (χ1v) is 8.34. The van der Waals surface area contributed by atoms with Gasteiger partial charge < -0.3 is 4.42 Å². The minimum Gasteiger partial charge on any atom is -0.465 e. The Morgan fingerprint density at radius 1 is 0.958 bits per heavy atom. The van der Waals surface area contributed by atoms with Crippen LogP contribution in [0.1, 0.15) is 21.1 Å². The number of nitrogens with zero attached hydrogens (tertiary/aromatic N) is 1. The molecule has 0 unspecified atom stereocenters. The van der Waals surface area contributed by atoms with Gasteiger partial charge in [-0.2, -0.15) is 0 Å². The van der Waals surface area contributed by atoms with Crippen molar-refractivity contribution in [1.29, 1.82) is 0 Å². The Bertz CT molecular complexity index is 981. The van der Waals surface area contributed by atoms with Crippen LogP contribution in [0.15, 0.2) is 77.4 Å². The van der Waals surface area contributed by atoms with E-state index in [1.54, 1.807) is 18.4 Å². The molecule has 0 amide bonds. The zero-order chi connectivity index (χ0) is 16.4. The molecular formula is C20H13NO2S. The largest absolute Gasteiger partial charge is 0.465 e. The predicted molar refractivity (Wildman–Crippen MR) is 97.0 cm³/mol. The zero-order valence-electron chi connectivity index (χ0n) is 12.7. The van der Waals surface area contributed by atoms with E-state index in [2.05, 4.69) is 4.98 Å². The third kappa shape index (κ3) is 2.79. The third-order valence-electron chi connectivity index (χ3n) is 3.63. The number of Topliss-reactive ketones (excluding diaryl/α,β-unsaturated/α-hetero) is 1. The first-order chi connectivity index (χ1) is 11.8. The topological polar surface area (TPSA) is 43.1 Å². The molecule has 0 radical (unpaired) electrons.